The fraction of sp³-hybridized carbons (Fsp3) is 0.364. The molecule has 1 aromatic rings. The molecule has 4 heteroatoms. The van der Waals surface area contributed by atoms with E-state index in [-0.39, 0.29) is 5.91 Å². The summed E-state index contributed by atoms with van der Waals surface area (Å²) >= 11 is 3.96. The van der Waals surface area contributed by atoms with Crippen LogP contribution in [-0.4, -0.2) is 24.5 Å². The number of amides is 1. The molecule has 0 bridgehead atoms. The summed E-state index contributed by atoms with van der Waals surface area (Å²) in [7, 11) is 1.65. The second kappa shape index (κ2) is 4.94. The van der Waals surface area contributed by atoms with Crippen LogP contribution in [0.5, 0.6) is 0 Å². The number of rotatable bonds is 2. The molecule has 1 saturated heterocycles. The lowest BCUT2D eigenvalue weighted by atomic mass is 10.1. The topological polar surface area (TPSA) is 29.1 Å². The van der Waals surface area contributed by atoms with Crippen molar-refractivity contribution < 1.29 is 4.79 Å². The van der Waals surface area contributed by atoms with Crippen LogP contribution < -0.4 is 5.32 Å². The van der Waals surface area contributed by atoms with Crippen LogP contribution in [0.15, 0.2) is 24.3 Å². The van der Waals surface area contributed by atoms with Crippen molar-refractivity contribution in [3.05, 3.63) is 35.4 Å². The van der Waals surface area contributed by atoms with Gasteiger partial charge in [-0.3, -0.25) is 4.79 Å². The van der Waals surface area contributed by atoms with Gasteiger partial charge in [0.15, 0.2) is 0 Å². The quantitative estimate of drug-likeness (QED) is 0.860. The molecule has 1 aliphatic rings. The lowest BCUT2D eigenvalue weighted by molar-refractivity contribution is 0.0963. The van der Waals surface area contributed by atoms with E-state index in [4.69, 9.17) is 0 Å². The van der Waals surface area contributed by atoms with Gasteiger partial charge >= 0.3 is 0 Å². The third kappa shape index (κ3) is 2.49. The highest BCUT2D eigenvalue weighted by molar-refractivity contribution is 8.19. The molecule has 0 radical (unpaired) electrons. The van der Waals surface area contributed by atoms with Crippen molar-refractivity contribution in [2.24, 2.45) is 0 Å². The maximum atomic E-state index is 11.3. The fourth-order valence-corrected chi connectivity index (χ4v) is 4.35. The minimum absolute atomic E-state index is 0.0201. The Morgan fingerprint density at radius 2 is 1.87 bits per heavy atom. The normalized spacial score (nSPS) is 16.6. The van der Waals surface area contributed by atoms with Crippen molar-refractivity contribution in [1.82, 2.24) is 5.32 Å². The minimum Gasteiger partial charge on any atom is -0.355 e. The molecule has 0 aliphatic carbocycles. The molecular formula is C11H13NOS2. The second-order valence-electron chi connectivity index (χ2n) is 3.27. The summed E-state index contributed by atoms with van der Waals surface area (Å²) in [5.41, 5.74) is 2.05. The molecule has 1 amide bonds. The lowest BCUT2D eigenvalue weighted by Crippen LogP contribution is -2.17. The van der Waals surface area contributed by atoms with Crippen LogP contribution in [0.2, 0.25) is 0 Å². The number of nitrogens with one attached hydrogen (secondary N) is 1. The lowest BCUT2D eigenvalue weighted by Gasteiger charge is -2.08. The van der Waals surface area contributed by atoms with Gasteiger partial charge in [0.25, 0.3) is 5.91 Å². The van der Waals surface area contributed by atoms with Crippen LogP contribution in [0.25, 0.3) is 0 Å². The van der Waals surface area contributed by atoms with Crippen LogP contribution >= 0.6 is 23.5 Å². The maximum absolute atomic E-state index is 11.3. The van der Waals surface area contributed by atoms with Gasteiger partial charge in [-0.25, -0.2) is 0 Å². The van der Waals surface area contributed by atoms with Crippen molar-refractivity contribution in [2.45, 2.75) is 4.58 Å². The van der Waals surface area contributed by atoms with Gasteiger partial charge in [0.2, 0.25) is 0 Å². The van der Waals surface area contributed by atoms with E-state index in [0.717, 1.165) is 5.56 Å². The summed E-state index contributed by atoms with van der Waals surface area (Å²) in [6.07, 6.45) is 0. The number of hydrogen-bond acceptors (Lipinski definition) is 3. The van der Waals surface area contributed by atoms with E-state index in [1.807, 2.05) is 35.7 Å². The van der Waals surface area contributed by atoms with Crippen molar-refractivity contribution in [2.75, 3.05) is 18.6 Å². The van der Waals surface area contributed by atoms with Crippen LogP contribution in [0, 0.1) is 0 Å². The molecule has 1 N–H and O–H groups in total. The average Bonchev–Trinajstić information content (AvgIpc) is 2.82. The molecule has 1 fully saturated rings. The molecule has 0 aromatic heterocycles. The minimum atomic E-state index is -0.0201. The van der Waals surface area contributed by atoms with E-state index in [1.54, 1.807) is 7.05 Å². The third-order valence-electron chi connectivity index (χ3n) is 2.29. The molecule has 2 rings (SSSR count). The van der Waals surface area contributed by atoms with Crippen molar-refractivity contribution in [3.8, 4) is 0 Å². The highest BCUT2D eigenvalue weighted by Crippen LogP contribution is 2.45. The molecule has 2 nitrogen and oxygen atoms in total. The number of thioether (sulfide) groups is 2. The Balaban J connectivity index is 2.12. The van der Waals surface area contributed by atoms with Crippen LogP contribution in [0.1, 0.15) is 20.5 Å². The third-order valence-corrected chi connectivity index (χ3v) is 5.40. The predicted octanol–water partition coefficient (Wildman–Crippen LogP) is 2.52. The first kappa shape index (κ1) is 10.9. The molecule has 0 spiro atoms. The van der Waals surface area contributed by atoms with Gasteiger partial charge in [0.1, 0.15) is 0 Å². The molecule has 1 heterocycles. The van der Waals surface area contributed by atoms with E-state index in [9.17, 15) is 4.79 Å². The molecule has 15 heavy (non-hydrogen) atoms. The molecule has 1 aliphatic heterocycles. The molecule has 80 valence electrons. The number of benzene rings is 1. The maximum Gasteiger partial charge on any atom is 0.251 e. The van der Waals surface area contributed by atoms with Crippen molar-refractivity contribution in [3.63, 3.8) is 0 Å². The van der Waals surface area contributed by atoms with E-state index in [0.29, 0.717) is 4.58 Å². The van der Waals surface area contributed by atoms with Crippen LogP contribution in [0.4, 0.5) is 0 Å². The van der Waals surface area contributed by atoms with Crippen LogP contribution in [-0.2, 0) is 0 Å². The van der Waals surface area contributed by atoms with Gasteiger partial charge in [-0.2, -0.15) is 0 Å². The highest BCUT2D eigenvalue weighted by atomic mass is 32.2. The van der Waals surface area contributed by atoms with E-state index < -0.39 is 0 Å². The summed E-state index contributed by atoms with van der Waals surface area (Å²) in [5, 5.41) is 2.62. The molecule has 1 aromatic carbocycles. The van der Waals surface area contributed by atoms with Gasteiger partial charge in [0.05, 0.1) is 4.58 Å². The van der Waals surface area contributed by atoms with Gasteiger partial charge in [-0.15, -0.1) is 23.5 Å². The summed E-state index contributed by atoms with van der Waals surface area (Å²) < 4.78 is 0.559. The Kier molecular flexibility index (Phi) is 3.59. The smallest absolute Gasteiger partial charge is 0.251 e. The zero-order valence-electron chi connectivity index (χ0n) is 8.53. The van der Waals surface area contributed by atoms with Crippen LogP contribution in [0.3, 0.4) is 0 Å². The van der Waals surface area contributed by atoms with Gasteiger partial charge in [-0.05, 0) is 17.7 Å². The first-order valence-corrected chi connectivity index (χ1v) is 6.96. The Labute approximate surface area is 98.2 Å². The van der Waals surface area contributed by atoms with Crippen molar-refractivity contribution in [1.29, 1.82) is 0 Å². The zero-order chi connectivity index (χ0) is 10.7. The van der Waals surface area contributed by atoms with Gasteiger partial charge in [-0.1, -0.05) is 12.1 Å². The summed E-state index contributed by atoms with van der Waals surface area (Å²) in [6.45, 7) is 0. The molecule has 0 unspecified atom stereocenters. The van der Waals surface area contributed by atoms with E-state index in [2.05, 4.69) is 17.4 Å². The summed E-state index contributed by atoms with van der Waals surface area (Å²) in [5.74, 6) is 2.44. The average molecular weight is 239 g/mol. The highest BCUT2D eigenvalue weighted by Gasteiger charge is 2.18. The van der Waals surface area contributed by atoms with E-state index in [1.165, 1.54) is 17.1 Å². The standard InChI is InChI=1S/C11H13NOS2/c1-12-10(13)8-2-4-9(5-3-8)11-14-6-7-15-11/h2-5,11H,6-7H2,1H3,(H,12,13). The monoisotopic (exact) mass is 239 g/mol. The van der Waals surface area contributed by atoms with Gasteiger partial charge in [0, 0.05) is 24.1 Å². The largest absolute Gasteiger partial charge is 0.355 e. The molecule has 0 saturated carbocycles. The molecule has 0 atom stereocenters. The number of carbonyl (C=O) groups is 1. The first-order chi connectivity index (χ1) is 7.31. The predicted molar refractivity (Wildman–Crippen MR) is 67.5 cm³/mol. The Morgan fingerprint density at radius 3 is 2.40 bits per heavy atom. The van der Waals surface area contributed by atoms with Gasteiger partial charge < -0.3 is 5.32 Å². The second-order valence-corrected chi connectivity index (χ2v) is 6.00. The summed E-state index contributed by atoms with van der Waals surface area (Å²) in [4.78, 5) is 11.3. The Bertz CT molecular complexity index is 344. The van der Waals surface area contributed by atoms with E-state index >= 15 is 0 Å². The first-order valence-electron chi connectivity index (χ1n) is 4.86. The molecular weight excluding hydrogens is 226 g/mol. The Hall–Kier alpha value is -0.610. The number of carbonyl (C=O) groups excluding carboxylic acids is 1. The zero-order valence-corrected chi connectivity index (χ0v) is 10.2. The van der Waals surface area contributed by atoms with Crippen molar-refractivity contribution >= 4 is 29.4 Å². The summed E-state index contributed by atoms with van der Waals surface area (Å²) in [6, 6.07) is 7.91. The Morgan fingerprint density at radius 1 is 1.27 bits per heavy atom. The fourth-order valence-electron chi connectivity index (χ4n) is 1.49. The SMILES string of the molecule is CNC(=O)c1ccc(C2SCCS2)cc1. The number of hydrogen-bond donors (Lipinski definition) is 1.